The molecular formula is C19H18F2N6O2. The molecule has 0 saturated carbocycles. The van der Waals surface area contributed by atoms with E-state index < -0.39 is 17.5 Å². The highest BCUT2D eigenvalue weighted by Crippen LogP contribution is 2.21. The van der Waals surface area contributed by atoms with Crippen LogP contribution in [0.1, 0.15) is 23.3 Å². The van der Waals surface area contributed by atoms with Crippen LogP contribution >= 0.6 is 0 Å². The quantitative estimate of drug-likeness (QED) is 0.668. The minimum atomic E-state index is -0.963. The number of piperidine rings is 1. The van der Waals surface area contributed by atoms with Crippen LogP contribution in [0.2, 0.25) is 0 Å². The van der Waals surface area contributed by atoms with Gasteiger partial charge in [0.25, 0.3) is 5.91 Å². The molecule has 3 aromatic rings. The van der Waals surface area contributed by atoms with Gasteiger partial charge < -0.3 is 9.64 Å². The van der Waals surface area contributed by atoms with Gasteiger partial charge >= 0.3 is 6.01 Å². The molecule has 4 heterocycles. The molecule has 4 rings (SSSR count). The van der Waals surface area contributed by atoms with Crippen LogP contribution in [0.3, 0.4) is 0 Å². The molecule has 29 heavy (non-hydrogen) atoms. The third-order valence-electron chi connectivity index (χ3n) is 4.68. The van der Waals surface area contributed by atoms with Crippen molar-refractivity contribution in [3.05, 3.63) is 54.4 Å². The first-order chi connectivity index (χ1) is 14.0. The Morgan fingerprint density at radius 3 is 2.41 bits per heavy atom. The maximum atomic E-state index is 13.8. The van der Waals surface area contributed by atoms with E-state index in [0.29, 0.717) is 32.0 Å². The normalized spacial score (nSPS) is 14.8. The van der Waals surface area contributed by atoms with Crippen LogP contribution in [0.25, 0.3) is 11.1 Å². The zero-order chi connectivity index (χ0) is 20.4. The summed E-state index contributed by atoms with van der Waals surface area (Å²) in [5.74, 6) is -2.34. The van der Waals surface area contributed by atoms with E-state index in [1.165, 1.54) is 4.90 Å². The monoisotopic (exact) mass is 400 g/mol. The fourth-order valence-corrected chi connectivity index (χ4v) is 3.14. The van der Waals surface area contributed by atoms with Crippen molar-refractivity contribution in [2.24, 2.45) is 7.05 Å². The average Bonchev–Trinajstić information content (AvgIpc) is 3.15. The van der Waals surface area contributed by atoms with Crippen molar-refractivity contribution in [3.8, 4) is 17.1 Å². The van der Waals surface area contributed by atoms with Crippen LogP contribution in [0.15, 0.2) is 37.1 Å². The van der Waals surface area contributed by atoms with Crippen molar-refractivity contribution in [1.29, 1.82) is 0 Å². The lowest BCUT2D eigenvalue weighted by molar-refractivity contribution is 0.0569. The van der Waals surface area contributed by atoms with Crippen LogP contribution in [0.4, 0.5) is 8.78 Å². The van der Waals surface area contributed by atoms with Crippen LogP contribution in [-0.2, 0) is 7.05 Å². The first kappa shape index (κ1) is 18.9. The molecule has 1 fully saturated rings. The van der Waals surface area contributed by atoms with Gasteiger partial charge in [-0.1, -0.05) is 0 Å². The Kier molecular flexibility index (Phi) is 5.15. The van der Waals surface area contributed by atoms with Gasteiger partial charge in [-0.05, 0) is 0 Å². The second-order valence-electron chi connectivity index (χ2n) is 6.75. The van der Waals surface area contributed by atoms with Gasteiger partial charge in [-0.15, -0.1) is 0 Å². The van der Waals surface area contributed by atoms with Gasteiger partial charge in [0.05, 0.1) is 12.4 Å². The molecule has 1 aliphatic heterocycles. The van der Waals surface area contributed by atoms with Gasteiger partial charge in [0.2, 0.25) is 0 Å². The van der Waals surface area contributed by atoms with Crippen molar-refractivity contribution in [1.82, 2.24) is 29.6 Å². The molecule has 0 bridgehead atoms. The standard InChI is InChI=1S/C19H18F2N6O2/c1-26-11-13(9-25-26)12-7-23-19(24-8-12)29-15-2-4-27(5-3-15)18(28)17-16(21)6-14(20)10-22-17/h6-11,15H,2-5H2,1H3. The molecule has 1 aliphatic rings. The lowest BCUT2D eigenvalue weighted by Crippen LogP contribution is -2.42. The third-order valence-corrected chi connectivity index (χ3v) is 4.68. The number of rotatable bonds is 4. The highest BCUT2D eigenvalue weighted by atomic mass is 19.1. The number of ether oxygens (including phenoxy) is 1. The van der Waals surface area contributed by atoms with Gasteiger partial charge in [-0.2, -0.15) is 5.10 Å². The summed E-state index contributed by atoms with van der Waals surface area (Å²) < 4.78 is 34.3. The molecule has 3 aromatic heterocycles. The zero-order valence-corrected chi connectivity index (χ0v) is 15.6. The van der Waals surface area contributed by atoms with Gasteiger partial charge in [0.1, 0.15) is 11.9 Å². The predicted octanol–water partition coefficient (Wildman–Crippen LogP) is 2.23. The number of pyridine rings is 1. The summed E-state index contributed by atoms with van der Waals surface area (Å²) in [6.07, 6.45) is 8.69. The summed E-state index contributed by atoms with van der Waals surface area (Å²) in [7, 11) is 1.83. The zero-order valence-electron chi connectivity index (χ0n) is 15.6. The number of carbonyl (C=O) groups excluding carboxylic acids is 1. The summed E-state index contributed by atoms with van der Waals surface area (Å²) in [4.78, 5) is 25.9. The van der Waals surface area contributed by atoms with Gasteiger partial charge in [0, 0.05) is 68.8 Å². The van der Waals surface area contributed by atoms with Crippen LogP contribution < -0.4 is 4.74 Å². The summed E-state index contributed by atoms with van der Waals surface area (Å²) >= 11 is 0. The van der Waals surface area contributed by atoms with Gasteiger partial charge in [0.15, 0.2) is 11.5 Å². The molecule has 0 aliphatic carbocycles. The molecule has 150 valence electrons. The van der Waals surface area contributed by atoms with Crippen molar-refractivity contribution >= 4 is 5.91 Å². The highest BCUT2D eigenvalue weighted by molar-refractivity contribution is 5.92. The molecule has 8 nitrogen and oxygen atoms in total. The van der Waals surface area contributed by atoms with Crippen LogP contribution in [-0.4, -0.2) is 54.7 Å². The largest absolute Gasteiger partial charge is 0.460 e. The number of likely N-dealkylation sites (tertiary alicyclic amines) is 1. The smallest absolute Gasteiger partial charge is 0.316 e. The number of halogens is 2. The maximum absolute atomic E-state index is 13.8. The van der Waals surface area contributed by atoms with Gasteiger partial charge in [-0.25, -0.2) is 23.7 Å². The molecule has 0 atom stereocenters. The molecule has 0 unspecified atom stereocenters. The van der Waals surface area contributed by atoms with Crippen molar-refractivity contribution < 1.29 is 18.3 Å². The summed E-state index contributed by atoms with van der Waals surface area (Å²) in [6.45, 7) is 0.742. The lowest BCUT2D eigenvalue weighted by atomic mass is 10.1. The molecule has 1 amide bonds. The van der Waals surface area contributed by atoms with Crippen molar-refractivity contribution in [2.75, 3.05) is 13.1 Å². The Morgan fingerprint density at radius 2 is 1.79 bits per heavy atom. The maximum Gasteiger partial charge on any atom is 0.316 e. The van der Waals surface area contributed by atoms with Crippen molar-refractivity contribution in [3.63, 3.8) is 0 Å². The molecule has 10 heteroatoms. The van der Waals surface area contributed by atoms with E-state index in [1.54, 1.807) is 23.3 Å². The minimum Gasteiger partial charge on any atom is -0.460 e. The molecule has 0 spiro atoms. The van der Waals surface area contributed by atoms with Crippen molar-refractivity contribution in [2.45, 2.75) is 18.9 Å². The summed E-state index contributed by atoms with van der Waals surface area (Å²) in [5.41, 5.74) is 1.37. The number of aryl methyl sites for hydroxylation is 1. The second-order valence-corrected chi connectivity index (χ2v) is 6.75. The average molecular weight is 400 g/mol. The lowest BCUT2D eigenvalue weighted by Gasteiger charge is -2.31. The topological polar surface area (TPSA) is 86.0 Å². The van der Waals surface area contributed by atoms with E-state index in [0.717, 1.165) is 17.3 Å². The number of carbonyl (C=O) groups is 1. The molecule has 0 aromatic carbocycles. The SMILES string of the molecule is Cn1cc(-c2cnc(OC3CCN(C(=O)c4ncc(F)cc4F)CC3)nc2)cn1. The predicted molar refractivity (Wildman–Crippen MR) is 97.9 cm³/mol. The van der Waals surface area contributed by atoms with Crippen LogP contribution in [0.5, 0.6) is 6.01 Å². The molecule has 0 N–H and O–H groups in total. The minimum absolute atomic E-state index is 0.158. The third kappa shape index (κ3) is 4.20. The molecule has 1 saturated heterocycles. The Morgan fingerprint density at radius 1 is 1.07 bits per heavy atom. The number of aromatic nitrogens is 5. The highest BCUT2D eigenvalue weighted by Gasteiger charge is 2.27. The molecular weight excluding hydrogens is 382 g/mol. The van der Waals surface area contributed by atoms with Gasteiger partial charge in [-0.3, -0.25) is 9.48 Å². The fourth-order valence-electron chi connectivity index (χ4n) is 3.14. The van der Waals surface area contributed by atoms with E-state index in [9.17, 15) is 13.6 Å². The Bertz CT molecular complexity index is 1020. The second kappa shape index (κ2) is 7.90. The van der Waals surface area contributed by atoms with E-state index >= 15 is 0 Å². The fraction of sp³-hybridized carbons (Fsp3) is 0.316. The van der Waals surface area contributed by atoms with Crippen LogP contribution in [0, 0.1) is 11.6 Å². The first-order valence-electron chi connectivity index (χ1n) is 9.07. The summed E-state index contributed by atoms with van der Waals surface area (Å²) in [6, 6.07) is 0.913. The van der Waals surface area contributed by atoms with E-state index in [-0.39, 0.29) is 17.8 Å². The number of hydrogen-bond acceptors (Lipinski definition) is 6. The Hall–Kier alpha value is -3.43. The summed E-state index contributed by atoms with van der Waals surface area (Å²) in [5, 5.41) is 4.11. The number of amides is 1. The Labute approximate surface area is 165 Å². The first-order valence-corrected chi connectivity index (χ1v) is 9.07. The Balaban J connectivity index is 1.33. The van der Waals surface area contributed by atoms with E-state index in [1.807, 2.05) is 13.2 Å². The van der Waals surface area contributed by atoms with E-state index in [4.69, 9.17) is 4.74 Å². The number of nitrogens with zero attached hydrogens (tertiary/aromatic N) is 6. The molecule has 0 radical (unpaired) electrons. The van der Waals surface area contributed by atoms with E-state index in [2.05, 4.69) is 20.1 Å². The number of hydrogen-bond donors (Lipinski definition) is 0.